The molecule has 1 N–H and O–H groups in total. The number of rotatable bonds is 2. The van der Waals surface area contributed by atoms with Crippen LogP contribution in [0, 0.1) is 0 Å². The third-order valence-electron chi connectivity index (χ3n) is 2.10. The molecular weight excluding hydrogens is 249 g/mol. The highest BCUT2D eigenvalue weighted by Crippen LogP contribution is 2.31. The second-order valence-corrected chi connectivity index (χ2v) is 3.31. The zero-order chi connectivity index (χ0) is 13.2. The van der Waals surface area contributed by atoms with E-state index in [0.29, 0.717) is 0 Å². The molecule has 0 bridgehead atoms. The third-order valence-corrected chi connectivity index (χ3v) is 2.10. The lowest BCUT2D eigenvalue weighted by Gasteiger charge is -2.10. The second-order valence-electron chi connectivity index (χ2n) is 3.31. The lowest BCUT2D eigenvalue weighted by molar-refractivity contribution is -0.142. The number of aromatic nitrogens is 4. The van der Waals surface area contributed by atoms with Crippen LogP contribution in [0.25, 0.3) is 11.5 Å². The summed E-state index contributed by atoms with van der Waals surface area (Å²) < 4.78 is 38.1. The molecule has 0 spiro atoms. The highest BCUT2D eigenvalue weighted by atomic mass is 19.4. The lowest BCUT2D eigenvalue weighted by atomic mass is 10.2. The van der Waals surface area contributed by atoms with E-state index in [2.05, 4.69) is 19.9 Å². The molecular formula is C10H7F3N4O. The number of halogens is 3. The highest BCUT2D eigenvalue weighted by molar-refractivity contribution is 5.47. The summed E-state index contributed by atoms with van der Waals surface area (Å²) in [7, 11) is 0. The Balaban J connectivity index is 2.53. The van der Waals surface area contributed by atoms with Crippen molar-refractivity contribution >= 4 is 0 Å². The van der Waals surface area contributed by atoms with Gasteiger partial charge in [-0.3, -0.25) is 4.98 Å². The number of hydrogen-bond donors (Lipinski definition) is 1. The van der Waals surface area contributed by atoms with Crippen molar-refractivity contribution in [3.63, 3.8) is 0 Å². The van der Waals surface area contributed by atoms with Crippen molar-refractivity contribution in [2.45, 2.75) is 12.8 Å². The van der Waals surface area contributed by atoms with Crippen LogP contribution in [0.5, 0.6) is 0 Å². The summed E-state index contributed by atoms with van der Waals surface area (Å²) in [5, 5.41) is 8.84. The summed E-state index contributed by atoms with van der Waals surface area (Å²) in [4.78, 5) is 14.6. The fraction of sp³-hybridized carbons (Fsp3) is 0.200. The van der Waals surface area contributed by atoms with Gasteiger partial charge in [-0.25, -0.2) is 15.0 Å². The van der Waals surface area contributed by atoms with E-state index in [1.807, 2.05) is 0 Å². The molecule has 0 fully saturated rings. The Hall–Kier alpha value is -2.09. The van der Waals surface area contributed by atoms with Crippen LogP contribution < -0.4 is 0 Å². The van der Waals surface area contributed by atoms with Crippen molar-refractivity contribution in [3.8, 4) is 11.5 Å². The Kier molecular flexibility index (Phi) is 3.19. The van der Waals surface area contributed by atoms with E-state index in [1.165, 1.54) is 18.6 Å². The summed E-state index contributed by atoms with van der Waals surface area (Å²) in [6.07, 6.45) is 0.244. The molecule has 2 aromatic rings. The number of nitrogens with zero attached hydrogens (tertiary/aromatic N) is 4. The first-order chi connectivity index (χ1) is 8.52. The van der Waals surface area contributed by atoms with Gasteiger partial charge in [0.05, 0.1) is 12.8 Å². The van der Waals surface area contributed by atoms with E-state index in [0.717, 1.165) is 6.20 Å². The first-order valence-electron chi connectivity index (χ1n) is 4.82. The average molecular weight is 256 g/mol. The molecule has 2 rings (SSSR count). The zero-order valence-corrected chi connectivity index (χ0v) is 8.89. The fourth-order valence-corrected chi connectivity index (χ4v) is 1.31. The predicted molar refractivity (Wildman–Crippen MR) is 54.0 cm³/mol. The maximum absolute atomic E-state index is 12.7. The number of aliphatic hydroxyl groups is 1. The van der Waals surface area contributed by atoms with Gasteiger partial charge in [0.15, 0.2) is 11.5 Å². The molecule has 0 saturated carbocycles. The quantitative estimate of drug-likeness (QED) is 0.880. The van der Waals surface area contributed by atoms with Crippen LogP contribution in [-0.4, -0.2) is 25.0 Å². The van der Waals surface area contributed by atoms with Crippen LogP contribution in [-0.2, 0) is 12.8 Å². The molecule has 94 valence electrons. The minimum atomic E-state index is -4.65. The molecule has 0 aromatic carbocycles. The minimum Gasteiger partial charge on any atom is -0.392 e. The molecule has 0 aliphatic rings. The summed E-state index contributed by atoms with van der Waals surface area (Å²) in [5.74, 6) is -0.187. The summed E-state index contributed by atoms with van der Waals surface area (Å²) in [6, 6.07) is 0. The maximum atomic E-state index is 12.7. The van der Waals surface area contributed by atoms with E-state index in [9.17, 15) is 13.2 Å². The summed E-state index contributed by atoms with van der Waals surface area (Å²) >= 11 is 0. The van der Waals surface area contributed by atoms with E-state index < -0.39 is 18.5 Å². The molecule has 0 aliphatic carbocycles. The van der Waals surface area contributed by atoms with Crippen molar-refractivity contribution in [1.82, 2.24) is 19.9 Å². The maximum Gasteiger partial charge on any atom is 0.433 e. The van der Waals surface area contributed by atoms with Gasteiger partial charge in [0, 0.05) is 24.2 Å². The monoisotopic (exact) mass is 256 g/mol. The molecule has 18 heavy (non-hydrogen) atoms. The fourth-order valence-electron chi connectivity index (χ4n) is 1.31. The molecule has 2 heterocycles. The smallest absolute Gasteiger partial charge is 0.392 e. The van der Waals surface area contributed by atoms with Gasteiger partial charge in [0.1, 0.15) is 5.69 Å². The van der Waals surface area contributed by atoms with Crippen molar-refractivity contribution < 1.29 is 18.3 Å². The lowest BCUT2D eigenvalue weighted by Crippen LogP contribution is -2.14. The van der Waals surface area contributed by atoms with Crippen molar-refractivity contribution in [2.75, 3.05) is 0 Å². The standard InChI is InChI=1S/C10H7F3N4O/c11-10(12,13)8-6(5-18)3-16-9(17-8)7-4-14-1-2-15-7/h1-4,18H,5H2. The molecule has 0 atom stereocenters. The van der Waals surface area contributed by atoms with Gasteiger partial charge in [0.2, 0.25) is 0 Å². The largest absolute Gasteiger partial charge is 0.433 e. The van der Waals surface area contributed by atoms with Crippen molar-refractivity contribution in [1.29, 1.82) is 0 Å². The highest BCUT2D eigenvalue weighted by Gasteiger charge is 2.36. The van der Waals surface area contributed by atoms with Crippen molar-refractivity contribution in [3.05, 3.63) is 36.0 Å². The second kappa shape index (κ2) is 4.65. The average Bonchev–Trinajstić information content (AvgIpc) is 2.38. The van der Waals surface area contributed by atoms with Gasteiger partial charge >= 0.3 is 6.18 Å². The molecule has 0 amide bonds. The van der Waals surface area contributed by atoms with Gasteiger partial charge in [-0.1, -0.05) is 0 Å². The zero-order valence-electron chi connectivity index (χ0n) is 8.89. The van der Waals surface area contributed by atoms with Gasteiger partial charge in [-0.15, -0.1) is 0 Å². The number of hydrogen-bond acceptors (Lipinski definition) is 5. The Bertz CT molecular complexity index is 545. The van der Waals surface area contributed by atoms with Crippen LogP contribution in [0.2, 0.25) is 0 Å². The van der Waals surface area contributed by atoms with Crippen LogP contribution in [0.1, 0.15) is 11.3 Å². The van der Waals surface area contributed by atoms with Gasteiger partial charge < -0.3 is 5.11 Å². The Labute approximate surface area is 99.4 Å². The van der Waals surface area contributed by atoms with E-state index in [4.69, 9.17) is 5.11 Å². The molecule has 0 saturated heterocycles. The van der Waals surface area contributed by atoms with Crippen LogP contribution >= 0.6 is 0 Å². The summed E-state index contributed by atoms with van der Waals surface area (Å²) in [6.45, 7) is -0.782. The Morgan fingerprint density at radius 2 is 1.89 bits per heavy atom. The predicted octanol–water partition coefficient (Wildman–Crippen LogP) is 1.44. The third kappa shape index (κ3) is 2.43. The Morgan fingerprint density at radius 3 is 2.44 bits per heavy atom. The van der Waals surface area contributed by atoms with E-state index in [-0.39, 0.29) is 17.1 Å². The van der Waals surface area contributed by atoms with Crippen LogP contribution in [0.15, 0.2) is 24.8 Å². The number of aliphatic hydroxyl groups excluding tert-OH is 1. The molecule has 5 nitrogen and oxygen atoms in total. The minimum absolute atomic E-state index is 0.132. The first-order valence-corrected chi connectivity index (χ1v) is 4.82. The molecule has 0 aliphatic heterocycles. The van der Waals surface area contributed by atoms with Gasteiger partial charge in [-0.05, 0) is 0 Å². The summed E-state index contributed by atoms with van der Waals surface area (Å²) in [5.41, 5.74) is -1.41. The molecule has 0 radical (unpaired) electrons. The molecule has 0 unspecified atom stereocenters. The SMILES string of the molecule is OCc1cnc(-c2cnccn2)nc1C(F)(F)F. The number of alkyl halides is 3. The normalized spacial score (nSPS) is 11.6. The van der Waals surface area contributed by atoms with E-state index >= 15 is 0 Å². The molecule has 2 aromatic heterocycles. The Morgan fingerprint density at radius 1 is 1.11 bits per heavy atom. The van der Waals surface area contributed by atoms with Crippen LogP contribution in [0.3, 0.4) is 0 Å². The van der Waals surface area contributed by atoms with Gasteiger partial charge in [-0.2, -0.15) is 13.2 Å². The van der Waals surface area contributed by atoms with E-state index in [1.54, 1.807) is 0 Å². The first kappa shape index (κ1) is 12.4. The van der Waals surface area contributed by atoms with Gasteiger partial charge in [0.25, 0.3) is 0 Å². The van der Waals surface area contributed by atoms with Crippen molar-refractivity contribution in [2.24, 2.45) is 0 Å². The topological polar surface area (TPSA) is 71.8 Å². The molecule has 8 heteroatoms. The van der Waals surface area contributed by atoms with Crippen LogP contribution in [0.4, 0.5) is 13.2 Å².